The van der Waals surface area contributed by atoms with E-state index in [-0.39, 0.29) is 18.1 Å². The van der Waals surface area contributed by atoms with Crippen molar-refractivity contribution in [2.24, 2.45) is 5.73 Å². The van der Waals surface area contributed by atoms with Gasteiger partial charge in [0.25, 0.3) is 0 Å². The van der Waals surface area contributed by atoms with Crippen molar-refractivity contribution in [3.63, 3.8) is 0 Å². The molecule has 0 fully saturated rings. The summed E-state index contributed by atoms with van der Waals surface area (Å²) >= 11 is 0. The fraction of sp³-hybridized carbons (Fsp3) is 0.500. The lowest BCUT2D eigenvalue weighted by Gasteiger charge is -2.21. The Morgan fingerprint density at radius 1 is 1.56 bits per heavy atom. The van der Waals surface area contributed by atoms with Crippen molar-refractivity contribution in [1.29, 1.82) is 0 Å². The van der Waals surface area contributed by atoms with E-state index in [4.69, 9.17) is 5.73 Å². The minimum Gasteiger partial charge on any atom is -0.370 e. The zero-order valence-electron chi connectivity index (χ0n) is 9.22. The molecule has 0 unspecified atom stereocenters. The molecule has 90 valence electrons. The number of nitrogens with two attached hydrogens (primary N) is 1. The topological polar surface area (TPSA) is 80.5 Å². The summed E-state index contributed by atoms with van der Waals surface area (Å²) in [6.45, 7) is 1.94. The number of hydrogen-bond acceptors (Lipinski definition) is 3. The highest BCUT2D eigenvalue weighted by Crippen LogP contribution is 2.15. The first-order chi connectivity index (χ1) is 7.45. The molecule has 0 radical (unpaired) electrons. The summed E-state index contributed by atoms with van der Waals surface area (Å²) in [6.07, 6.45) is 5.90. The van der Waals surface area contributed by atoms with Crippen molar-refractivity contribution < 1.29 is 13.2 Å². The van der Waals surface area contributed by atoms with Gasteiger partial charge in [0.05, 0.1) is 12.3 Å². The van der Waals surface area contributed by atoms with Crippen LogP contribution in [-0.4, -0.2) is 30.9 Å². The van der Waals surface area contributed by atoms with Gasteiger partial charge in [0, 0.05) is 12.6 Å². The molecule has 1 rings (SSSR count). The Balaban J connectivity index is 2.57. The van der Waals surface area contributed by atoms with E-state index in [0.717, 1.165) is 5.57 Å². The van der Waals surface area contributed by atoms with Gasteiger partial charge in [-0.3, -0.25) is 9.10 Å². The monoisotopic (exact) mass is 244 g/mol. The third kappa shape index (κ3) is 3.37. The summed E-state index contributed by atoms with van der Waals surface area (Å²) < 4.78 is 24.3. The van der Waals surface area contributed by atoms with E-state index in [0.29, 0.717) is 13.0 Å². The summed E-state index contributed by atoms with van der Waals surface area (Å²) in [7, 11) is -3.17. The molecule has 0 saturated carbocycles. The molecule has 6 heteroatoms. The third-order valence-corrected chi connectivity index (χ3v) is 4.09. The van der Waals surface area contributed by atoms with Gasteiger partial charge in [-0.2, -0.15) is 0 Å². The van der Waals surface area contributed by atoms with Crippen LogP contribution in [0.25, 0.3) is 0 Å². The summed E-state index contributed by atoms with van der Waals surface area (Å²) in [4.78, 5) is 10.6. The SMILES string of the molecule is CCS(=O)(=O)N1C=CC(CCC(N)=O)=CC1. The summed E-state index contributed by atoms with van der Waals surface area (Å²) in [5, 5.41) is 0. The lowest BCUT2D eigenvalue weighted by molar-refractivity contribution is -0.117. The average Bonchev–Trinajstić information content (AvgIpc) is 2.27. The van der Waals surface area contributed by atoms with E-state index in [9.17, 15) is 13.2 Å². The van der Waals surface area contributed by atoms with Crippen LogP contribution in [0.1, 0.15) is 19.8 Å². The summed E-state index contributed by atoms with van der Waals surface area (Å²) in [6, 6.07) is 0. The number of primary amides is 1. The number of amides is 1. The molecule has 1 amide bonds. The van der Waals surface area contributed by atoms with Crippen LogP contribution in [0.15, 0.2) is 23.9 Å². The number of carbonyl (C=O) groups is 1. The Labute approximate surface area is 95.7 Å². The van der Waals surface area contributed by atoms with Gasteiger partial charge in [-0.15, -0.1) is 0 Å². The maximum atomic E-state index is 11.5. The highest BCUT2D eigenvalue weighted by Gasteiger charge is 2.17. The number of allylic oxidation sites excluding steroid dienone is 2. The molecule has 5 nitrogen and oxygen atoms in total. The third-order valence-electron chi connectivity index (χ3n) is 2.37. The first-order valence-electron chi connectivity index (χ1n) is 5.10. The van der Waals surface area contributed by atoms with Crippen LogP contribution < -0.4 is 5.73 Å². The zero-order chi connectivity index (χ0) is 12.2. The average molecular weight is 244 g/mol. The Kier molecular flexibility index (Phi) is 4.12. The van der Waals surface area contributed by atoms with Gasteiger partial charge in [-0.25, -0.2) is 8.42 Å². The number of carbonyl (C=O) groups excluding carboxylic acids is 1. The molecule has 1 aliphatic heterocycles. The van der Waals surface area contributed by atoms with E-state index in [1.54, 1.807) is 19.1 Å². The van der Waals surface area contributed by atoms with Crippen molar-refractivity contribution in [1.82, 2.24) is 4.31 Å². The second kappa shape index (κ2) is 5.16. The minimum absolute atomic E-state index is 0.0851. The molecule has 1 aliphatic rings. The fourth-order valence-corrected chi connectivity index (χ4v) is 2.22. The van der Waals surface area contributed by atoms with Crippen LogP contribution in [0.5, 0.6) is 0 Å². The van der Waals surface area contributed by atoms with Crippen LogP contribution >= 0.6 is 0 Å². The smallest absolute Gasteiger partial charge is 0.234 e. The van der Waals surface area contributed by atoms with E-state index in [2.05, 4.69) is 0 Å². The van der Waals surface area contributed by atoms with Crippen LogP contribution in [0.3, 0.4) is 0 Å². The lowest BCUT2D eigenvalue weighted by Crippen LogP contribution is -2.29. The molecule has 0 aromatic rings. The van der Waals surface area contributed by atoms with Crippen molar-refractivity contribution >= 4 is 15.9 Å². The molecule has 0 aromatic heterocycles. The maximum absolute atomic E-state index is 11.5. The predicted molar refractivity (Wildman–Crippen MR) is 61.8 cm³/mol. The predicted octanol–water partition coefficient (Wildman–Crippen LogP) is 0.357. The van der Waals surface area contributed by atoms with E-state index in [1.807, 2.05) is 0 Å². The van der Waals surface area contributed by atoms with E-state index < -0.39 is 10.0 Å². The number of hydrogen-bond donors (Lipinski definition) is 1. The molecule has 2 N–H and O–H groups in total. The van der Waals surface area contributed by atoms with E-state index >= 15 is 0 Å². The minimum atomic E-state index is -3.17. The van der Waals surface area contributed by atoms with Gasteiger partial charge in [0.2, 0.25) is 15.9 Å². The molecular weight excluding hydrogens is 228 g/mol. The molecule has 0 atom stereocenters. The molecular formula is C10H16N2O3S. The molecule has 1 heterocycles. The maximum Gasteiger partial charge on any atom is 0.234 e. The van der Waals surface area contributed by atoms with Gasteiger partial charge in [-0.05, 0) is 25.0 Å². The van der Waals surface area contributed by atoms with Crippen LogP contribution in [-0.2, 0) is 14.8 Å². The van der Waals surface area contributed by atoms with Gasteiger partial charge >= 0.3 is 0 Å². The second-order valence-corrected chi connectivity index (χ2v) is 5.74. The number of nitrogens with zero attached hydrogens (tertiary/aromatic N) is 1. The van der Waals surface area contributed by atoms with Crippen LogP contribution in [0, 0.1) is 0 Å². The molecule has 0 spiro atoms. The summed E-state index contributed by atoms with van der Waals surface area (Å²) in [5.41, 5.74) is 5.98. The molecule has 0 bridgehead atoms. The second-order valence-electron chi connectivity index (χ2n) is 3.53. The van der Waals surface area contributed by atoms with Gasteiger partial charge in [0.15, 0.2) is 0 Å². The Morgan fingerprint density at radius 2 is 2.25 bits per heavy atom. The highest BCUT2D eigenvalue weighted by molar-refractivity contribution is 7.89. The van der Waals surface area contributed by atoms with Crippen LogP contribution in [0.4, 0.5) is 0 Å². The Bertz CT molecular complexity index is 423. The van der Waals surface area contributed by atoms with Crippen molar-refractivity contribution in [3.05, 3.63) is 23.9 Å². The fourth-order valence-electron chi connectivity index (χ4n) is 1.34. The molecule has 0 aromatic carbocycles. The van der Waals surface area contributed by atoms with Crippen LogP contribution in [0.2, 0.25) is 0 Å². The van der Waals surface area contributed by atoms with Gasteiger partial charge < -0.3 is 5.73 Å². The van der Waals surface area contributed by atoms with Gasteiger partial charge in [-0.1, -0.05) is 6.08 Å². The number of rotatable bonds is 5. The summed E-state index contributed by atoms with van der Waals surface area (Å²) in [5.74, 6) is -0.264. The molecule has 0 saturated heterocycles. The van der Waals surface area contributed by atoms with Crippen molar-refractivity contribution in [2.75, 3.05) is 12.3 Å². The highest BCUT2D eigenvalue weighted by atomic mass is 32.2. The Morgan fingerprint density at radius 3 is 2.69 bits per heavy atom. The standard InChI is InChI=1S/C10H16N2O3S/c1-2-16(14,15)12-7-5-9(6-8-12)3-4-10(11)13/h5-7H,2-4,8H2,1H3,(H2,11,13). The first-order valence-corrected chi connectivity index (χ1v) is 6.71. The number of sulfonamides is 1. The largest absolute Gasteiger partial charge is 0.370 e. The van der Waals surface area contributed by atoms with Gasteiger partial charge in [0.1, 0.15) is 0 Å². The van der Waals surface area contributed by atoms with Crippen molar-refractivity contribution in [2.45, 2.75) is 19.8 Å². The Hall–Kier alpha value is -1.30. The lowest BCUT2D eigenvalue weighted by atomic mass is 10.1. The van der Waals surface area contributed by atoms with E-state index in [1.165, 1.54) is 10.5 Å². The normalized spacial score (nSPS) is 16.1. The molecule has 0 aliphatic carbocycles. The first kappa shape index (κ1) is 12.8. The molecule has 16 heavy (non-hydrogen) atoms. The quantitative estimate of drug-likeness (QED) is 0.758. The van der Waals surface area contributed by atoms with Crippen molar-refractivity contribution in [3.8, 4) is 0 Å². The zero-order valence-corrected chi connectivity index (χ0v) is 10.0.